The van der Waals surface area contributed by atoms with Crippen molar-refractivity contribution in [1.29, 1.82) is 0 Å². The zero-order valence-corrected chi connectivity index (χ0v) is 28.6. The molecule has 2 heterocycles. The summed E-state index contributed by atoms with van der Waals surface area (Å²) in [5.74, 6) is 0.372. The van der Waals surface area contributed by atoms with Crippen LogP contribution in [0.1, 0.15) is 83.4 Å². The number of sulfonamides is 1. The van der Waals surface area contributed by atoms with E-state index in [-0.39, 0.29) is 52.0 Å². The Balaban J connectivity index is 1.63. The van der Waals surface area contributed by atoms with Gasteiger partial charge >= 0.3 is 5.97 Å². The minimum Gasteiger partial charge on any atom is -0.477 e. The Hall–Kier alpha value is -3.46. The summed E-state index contributed by atoms with van der Waals surface area (Å²) in [6.07, 6.45) is 2.16. The second kappa shape index (κ2) is 12.7. The number of esters is 1. The number of hydrogen-bond donors (Lipinski definition) is 1. The van der Waals surface area contributed by atoms with Gasteiger partial charge in [0, 0.05) is 17.5 Å². The summed E-state index contributed by atoms with van der Waals surface area (Å²) < 4.78 is 42.5. The molecular formula is C36H47N3O5S. The van der Waals surface area contributed by atoms with Crippen molar-refractivity contribution in [3.63, 3.8) is 0 Å². The van der Waals surface area contributed by atoms with E-state index in [1.54, 1.807) is 24.3 Å². The van der Waals surface area contributed by atoms with E-state index < -0.39 is 10.0 Å². The maximum atomic E-state index is 13.8. The number of nitrogens with zero attached hydrogens (tertiary/aromatic N) is 2. The molecule has 9 heteroatoms. The number of aromatic nitrogens is 2. The molecule has 242 valence electrons. The molecule has 1 aliphatic heterocycles. The van der Waals surface area contributed by atoms with Crippen LogP contribution in [0.5, 0.6) is 5.88 Å². The number of hydrogen-bond acceptors (Lipinski definition) is 7. The van der Waals surface area contributed by atoms with Crippen LogP contribution in [0.25, 0.3) is 11.3 Å². The molecule has 0 amide bonds. The van der Waals surface area contributed by atoms with Crippen molar-refractivity contribution in [3.8, 4) is 17.1 Å². The van der Waals surface area contributed by atoms with Gasteiger partial charge in [0.25, 0.3) is 10.0 Å². The predicted octanol–water partition coefficient (Wildman–Crippen LogP) is 7.70. The van der Waals surface area contributed by atoms with Gasteiger partial charge < -0.3 is 9.47 Å². The Morgan fingerprint density at radius 3 is 2.40 bits per heavy atom. The van der Waals surface area contributed by atoms with E-state index in [1.165, 1.54) is 0 Å². The fraction of sp³-hybridized carbons (Fsp3) is 0.528. The monoisotopic (exact) mass is 633 g/mol. The minimum absolute atomic E-state index is 0.0304. The van der Waals surface area contributed by atoms with E-state index >= 15 is 0 Å². The first-order valence-electron chi connectivity index (χ1n) is 16.1. The van der Waals surface area contributed by atoms with Crippen LogP contribution in [0.4, 0.5) is 5.95 Å². The third-order valence-corrected chi connectivity index (χ3v) is 10.7. The van der Waals surface area contributed by atoms with E-state index in [0.29, 0.717) is 30.5 Å². The summed E-state index contributed by atoms with van der Waals surface area (Å²) in [4.78, 5) is 22.6. The third kappa shape index (κ3) is 7.19. The Labute approximate surface area is 268 Å². The molecule has 0 radical (unpaired) electrons. The number of ether oxygens (including phenoxy) is 2. The topological polar surface area (TPSA) is 107 Å². The quantitative estimate of drug-likeness (QED) is 0.277. The zero-order chi connectivity index (χ0) is 32.7. The summed E-state index contributed by atoms with van der Waals surface area (Å²) >= 11 is 0. The molecule has 1 aromatic heterocycles. The van der Waals surface area contributed by atoms with Gasteiger partial charge in [0.15, 0.2) is 0 Å². The number of carbonyl (C=O) groups excluding carboxylic acids is 1. The predicted molar refractivity (Wildman–Crippen MR) is 177 cm³/mol. The van der Waals surface area contributed by atoms with Crippen molar-refractivity contribution in [2.24, 2.45) is 29.1 Å². The third-order valence-electron chi connectivity index (χ3n) is 9.36. The fourth-order valence-corrected chi connectivity index (χ4v) is 8.53. The van der Waals surface area contributed by atoms with Crippen molar-refractivity contribution >= 4 is 21.9 Å². The lowest BCUT2D eigenvalue weighted by Crippen LogP contribution is -2.29. The van der Waals surface area contributed by atoms with Crippen molar-refractivity contribution in [2.75, 3.05) is 11.3 Å². The van der Waals surface area contributed by atoms with Crippen LogP contribution in [-0.4, -0.2) is 37.1 Å². The summed E-state index contributed by atoms with van der Waals surface area (Å²) in [5, 5.41) is 0. The molecule has 3 aromatic rings. The van der Waals surface area contributed by atoms with Gasteiger partial charge in [-0.15, -0.1) is 0 Å². The van der Waals surface area contributed by atoms with E-state index in [2.05, 4.69) is 42.4 Å². The number of nitrogens with one attached hydrogen (secondary N) is 1. The number of carbonyl (C=O) groups is 1. The standard InChI is InChI=1S/C36H47N3O5S/c1-21(2)15-27-20-43-31-18-30(32-23(5)11-9-12-24(32)6)37-35(38-31)39-45(41,42)28-14-10-13-25(16-28)33(27)26-17-29(36(7,8)19-26)34(40)44-22(3)4/h9-14,16,18,21-22,26-27,29,33H,15,17,19-20H2,1-8H3,(H,37,38,39)/t26-,27+,29?,33?/m0/s1. The summed E-state index contributed by atoms with van der Waals surface area (Å²) in [5.41, 5.74) is 4.23. The fourth-order valence-electron chi connectivity index (χ4n) is 7.53. The Morgan fingerprint density at radius 2 is 1.73 bits per heavy atom. The highest BCUT2D eigenvalue weighted by atomic mass is 32.2. The van der Waals surface area contributed by atoms with Gasteiger partial charge in [-0.05, 0) is 98.9 Å². The lowest BCUT2D eigenvalue weighted by Gasteiger charge is -2.34. The van der Waals surface area contributed by atoms with Gasteiger partial charge in [0.05, 0.1) is 29.2 Å². The van der Waals surface area contributed by atoms with E-state index in [4.69, 9.17) is 9.47 Å². The molecule has 0 saturated heterocycles. The van der Waals surface area contributed by atoms with Crippen molar-refractivity contribution in [3.05, 3.63) is 65.2 Å². The van der Waals surface area contributed by atoms with Gasteiger partial charge in [-0.3, -0.25) is 4.79 Å². The maximum absolute atomic E-state index is 13.8. The van der Waals surface area contributed by atoms with E-state index in [9.17, 15) is 13.2 Å². The number of anilines is 1. The summed E-state index contributed by atoms with van der Waals surface area (Å²) in [6, 6.07) is 15.0. The van der Waals surface area contributed by atoms with Gasteiger partial charge in [0.1, 0.15) is 0 Å². The van der Waals surface area contributed by atoms with Crippen LogP contribution in [0.15, 0.2) is 53.4 Å². The Morgan fingerprint density at radius 1 is 1.04 bits per heavy atom. The Kier molecular flexibility index (Phi) is 9.32. The SMILES string of the molecule is Cc1cccc(C)c1-c1cc2nc(n1)NS(=O)(=O)c1cccc(c1)C([C@H]1CC(C(=O)OC(C)C)C(C)(C)C1)[C@H](CC(C)C)CO2. The molecule has 5 rings (SSSR count). The molecule has 1 N–H and O–H groups in total. The molecular weight excluding hydrogens is 586 g/mol. The van der Waals surface area contributed by atoms with Crippen molar-refractivity contribution in [1.82, 2.24) is 9.97 Å². The van der Waals surface area contributed by atoms with Gasteiger partial charge in [-0.25, -0.2) is 18.1 Å². The number of fused-ring (bicyclic) bond motifs is 4. The number of aryl methyl sites for hydroxylation is 2. The molecule has 4 atom stereocenters. The molecule has 1 aliphatic carbocycles. The number of benzene rings is 2. The number of rotatable bonds is 6. The zero-order valence-electron chi connectivity index (χ0n) is 27.8. The molecule has 0 spiro atoms. The molecule has 2 unspecified atom stereocenters. The first-order valence-corrected chi connectivity index (χ1v) is 17.5. The molecule has 2 aliphatic rings. The van der Waals surface area contributed by atoms with Crippen molar-refractivity contribution in [2.45, 2.75) is 91.6 Å². The normalized spacial score (nSPS) is 23.9. The summed E-state index contributed by atoms with van der Waals surface area (Å²) in [6.45, 7) is 16.8. The Bertz CT molecular complexity index is 1650. The van der Waals surface area contributed by atoms with Gasteiger partial charge in [-0.2, -0.15) is 4.98 Å². The van der Waals surface area contributed by atoms with Gasteiger partial charge in [0.2, 0.25) is 11.8 Å². The second-order valence-electron chi connectivity index (χ2n) is 14.3. The van der Waals surface area contributed by atoms with Crippen LogP contribution < -0.4 is 9.46 Å². The second-order valence-corrected chi connectivity index (χ2v) is 16.0. The van der Waals surface area contributed by atoms with Crippen LogP contribution >= 0.6 is 0 Å². The van der Waals surface area contributed by atoms with Crippen LogP contribution in [-0.2, 0) is 19.6 Å². The van der Waals surface area contributed by atoms with Crippen molar-refractivity contribution < 1.29 is 22.7 Å². The highest BCUT2D eigenvalue weighted by Crippen LogP contribution is 2.54. The average Bonchev–Trinajstić information content (AvgIpc) is 3.25. The maximum Gasteiger partial charge on any atom is 0.309 e. The molecule has 45 heavy (non-hydrogen) atoms. The molecule has 2 aromatic carbocycles. The minimum atomic E-state index is -4.02. The first kappa shape index (κ1) is 32.9. The van der Waals surface area contributed by atoms with E-state index in [0.717, 1.165) is 35.1 Å². The average molecular weight is 634 g/mol. The molecule has 4 bridgehead atoms. The summed E-state index contributed by atoms with van der Waals surface area (Å²) in [7, 11) is -4.02. The molecule has 1 fully saturated rings. The molecule has 8 nitrogen and oxygen atoms in total. The van der Waals surface area contributed by atoms with E-state index in [1.807, 2.05) is 52.0 Å². The highest BCUT2D eigenvalue weighted by molar-refractivity contribution is 7.92. The smallest absolute Gasteiger partial charge is 0.309 e. The van der Waals surface area contributed by atoms with Crippen LogP contribution in [0.3, 0.4) is 0 Å². The lowest BCUT2D eigenvalue weighted by molar-refractivity contribution is -0.155. The molecule has 1 saturated carbocycles. The van der Waals surface area contributed by atoms with Gasteiger partial charge in [-0.1, -0.05) is 58.0 Å². The highest BCUT2D eigenvalue weighted by Gasteiger charge is 2.49. The van der Waals surface area contributed by atoms with Crippen LogP contribution in [0.2, 0.25) is 0 Å². The largest absolute Gasteiger partial charge is 0.477 e. The van der Waals surface area contributed by atoms with Crippen LogP contribution in [0, 0.1) is 42.9 Å². The first-order chi connectivity index (χ1) is 21.1. The lowest BCUT2D eigenvalue weighted by atomic mass is 9.72.